The summed E-state index contributed by atoms with van der Waals surface area (Å²) in [5.41, 5.74) is 3.17. The Labute approximate surface area is 134 Å². The first-order valence-corrected chi connectivity index (χ1v) is 8.41. The summed E-state index contributed by atoms with van der Waals surface area (Å²) in [4.78, 5) is 15.4. The summed E-state index contributed by atoms with van der Waals surface area (Å²) in [5, 5.41) is 9.11. The summed E-state index contributed by atoms with van der Waals surface area (Å²) in [6.07, 6.45) is 0.986. The molecule has 2 aromatic heterocycles. The Morgan fingerprint density at radius 1 is 1.50 bits per heavy atom. The van der Waals surface area contributed by atoms with Gasteiger partial charge < -0.3 is 9.84 Å². The normalized spacial score (nSPS) is 18.8. The maximum absolute atomic E-state index is 12.3. The molecule has 1 aliphatic rings. The molecule has 0 radical (unpaired) electrons. The van der Waals surface area contributed by atoms with Crippen molar-refractivity contribution in [3.05, 3.63) is 38.9 Å². The van der Waals surface area contributed by atoms with E-state index in [4.69, 9.17) is 4.52 Å². The van der Waals surface area contributed by atoms with Crippen LogP contribution in [0.5, 0.6) is 0 Å². The Morgan fingerprint density at radius 3 is 2.95 bits per heavy atom. The summed E-state index contributed by atoms with van der Waals surface area (Å²) >= 11 is 1.50. The molecular formula is C16H21N3O2S. The van der Waals surface area contributed by atoms with Crippen molar-refractivity contribution in [3.63, 3.8) is 0 Å². The van der Waals surface area contributed by atoms with Gasteiger partial charge in [0.25, 0.3) is 5.91 Å². The number of carbonyl (C=O) groups is 1. The van der Waals surface area contributed by atoms with Gasteiger partial charge in [-0.2, -0.15) is 0 Å². The molecule has 1 amide bonds. The van der Waals surface area contributed by atoms with Gasteiger partial charge in [-0.25, -0.2) is 0 Å². The largest absolute Gasteiger partial charge is 0.361 e. The highest BCUT2D eigenvalue weighted by atomic mass is 32.1. The van der Waals surface area contributed by atoms with Gasteiger partial charge in [-0.15, -0.1) is 11.3 Å². The summed E-state index contributed by atoms with van der Waals surface area (Å²) < 4.78 is 5.21. The molecule has 2 aromatic rings. The number of amides is 1. The quantitative estimate of drug-likeness (QED) is 0.941. The molecule has 0 saturated carbocycles. The van der Waals surface area contributed by atoms with E-state index in [9.17, 15) is 4.79 Å². The van der Waals surface area contributed by atoms with Gasteiger partial charge in [0, 0.05) is 31.2 Å². The number of rotatable bonds is 4. The Morgan fingerprint density at radius 2 is 2.32 bits per heavy atom. The van der Waals surface area contributed by atoms with Crippen molar-refractivity contribution in [2.75, 3.05) is 13.1 Å². The first-order chi connectivity index (χ1) is 10.5. The van der Waals surface area contributed by atoms with Gasteiger partial charge in [0.2, 0.25) is 0 Å². The number of hydrogen-bond acceptors (Lipinski definition) is 5. The minimum Gasteiger partial charge on any atom is -0.361 e. The monoisotopic (exact) mass is 319 g/mol. The van der Waals surface area contributed by atoms with Crippen LogP contribution in [0.1, 0.15) is 38.7 Å². The first-order valence-electron chi connectivity index (χ1n) is 7.53. The lowest BCUT2D eigenvalue weighted by Crippen LogP contribution is -2.36. The molecule has 1 aliphatic heterocycles. The van der Waals surface area contributed by atoms with Gasteiger partial charge in [-0.3, -0.25) is 9.69 Å². The molecule has 22 heavy (non-hydrogen) atoms. The van der Waals surface area contributed by atoms with E-state index in [1.165, 1.54) is 16.9 Å². The fraction of sp³-hybridized carbons (Fsp3) is 0.500. The van der Waals surface area contributed by atoms with Crippen molar-refractivity contribution in [3.8, 4) is 0 Å². The Bertz CT molecular complexity index is 657. The van der Waals surface area contributed by atoms with E-state index in [1.807, 2.05) is 32.2 Å². The third kappa shape index (κ3) is 3.08. The third-order valence-electron chi connectivity index (χ3n) is 4.24. The second kappa shape index (κ2) is 6.22. The SMILES string of the molecule is Cc1ccsc1C(=O)N[C@@H]1CCN(Cc2c(C)noc2C)C1. The number of likely N-dealkylation sites (tertiary alicyclic amines) is 1. The van der Waals surface area contributed by atoms with Crippen LogP contribution >= 0.6 is 11.3 Å². The van der Waals surface area contributed by atoms with Crippen LogP contribution in [0.25, 0.3) is 0 Å². The van der Waals surface area contributed by atoms with E-state index in [1.54, 1.807) is 0 Å². The fourth-order valence-corrected chi connectivity index (χ4v) is 3.73. The van der Waals surface area contributed by atoms with Crippen molar-refractivity contribution in [2.24, 2.45) is 0 Å². The lowest BCUT2D eigenvalue weighted by Gasteiger charge is -2.16. The summed E-state index contributed by atoms with van der Waals surface area (Å²) in [7, 11) is 0. The maximum atomic E-state index is 12.3. The average Bonchev–Trinajstić information content (AvgIpc) is 3.17. The molecule has 3 rings (SSSR count). The molecule has 5 nitrogen and oxygen atoms in total. The number of aryl methyl sites for hydroxylation is 3. The summed E-state index contributed by atoms with van der Waals surface area (Å²) in [5.74, 6) is 0.941. The van der Waals surface area contributed by atoms with Crippen molar-refractivity contribution in [1.29, 1.82) is 0 Å². The minimum absolute atomic E-state index is 0.0525. The standard InChI is InChI=1S/C16H21N3O2S/c1-10-5-7-22-15(10)16(20)17-13-4-6-19(8-13)9-14-11(2)18-21-12(14)3/h5,7,13H,4,6,8-9H2,1-3H3,(H,17,20)/t13-/m1/s1. The molecule has 3 heterocycles. The number of aromatic nitrogens is 1. The summed E-state index contributed by atoms with van der Waals surface area (Å²) in [6.45, 7) is 8.60. The lowest BCUT2D eigenvalue weighted by molar-refractivity contribution is 0.0941. The molecule has 0 spiro atoms. The number of carbonyl (C=O) groups excluding carboxylic acids is 1. The highest BCUT2D eigenvalue weighted by Gasteiger charge is 2.26. The second-order valence-corrected chi connectivity index (χ2v) is 6.85. The predicted molar refractivity (Wildman–Crippen MR) is 86.2 cm³/mol. The van der Waals surface area contributed by atoms with Crippen LogP contribution in [0.4, 0.5) is 0 Å². The van der Waals surface area contributed by atoms with Crippen molar-refractivity contribution in [2.45, 2.75) is 39.8 Å². The number of nitrogens with zero attached hydrogens (tertiary/aromatic N) is 2. The van der Waals surface area contributed by atoms with Crippen LogP contribution in [-0.2, 0) is 6.54 Å². The van der Waals surface area contributed by atoms with E-state index in [2.05, 4.69) is 15.4 Å². The average molecular weight is 319 g/mol. The minimum atomic E-state index is 0.0525. The van der Waals surface area contributed by atoms with E-state index in [-0.39, 0.29) is 11.9 Å². The molecule has 118 valence electrons. The van der Waals surface area contributed by atoms with Crippen LogP contribution in [0.3, 0.4) is 0 Å². The number of hydrogen-bond donors (Lipinski definition) is 1. The van der Waals surface area contributed by atoms with Crippen molar-refractivity contribution in [1.82, 2.24) is 15.4 Å². The van der Waals surface area contributed by atoms with E-state index < -0.39 is 0 Å². The van der Waals surface area contributed by atoms with Gasteiger partial charge in [0.05, 0.1) is 10.6 Å². The smallest absolute Gasteiger partial charge is 0.261 e. The molecular weight excluding hydrogens is 298 g/mol. The molecule has 0 bridgehead atoms. The Balaban J connectivity index is 1.57. The molecule has 1 N–H and O–H groups in total. The Hall–Kier alpha value is -1.66. The van der Waals surface area contributed by atoms with Gasteiger partial charge in [0.15, 0.2) is 0 Å². The highest BCUT2D eigenvalue weighted by molar-refractivity contribution is 7.12. The van der Waals surface area contributed by atoms with Gasteiger partial charge in [0.1, 0.15) is 5.76 Å². The van der Waals surface area contributed by atoms with Crippen LogP contribution < -0.4 is 5.32 Å². The number of thiophene rings is 1. The van der Waals surface area contributed by atoms with Crippen molar-refractivity contribution < 1.29 is 9.32 Å². The molecule has 0 aromatic carbocycles. The molecule has 0 unspecified atom stereocenters. The van der Waals surface area contributed by atoms with Crippen LogP contribution in [0, 0.1) is 20.8 Å². The van der Waals surface area contributed by atoms with Crippen LogP contribution in [-0.4, -0.2) is 35.1 Å². The molecule has 6 heteroatoms. The van der Waals surface area contributed by atoms with Crippen LogP contribution in [0.2, 0.25) is 0 Å². The second-order valence-electron chi connectivity index (χ2n) is 5.93. The molecule has 1 atom stereocenters. The Kier molecular flexibility index (Phi) is 4.31. The zero-order chi connectivity index (χ0) is 15.7. The highest BCUT2D eigenvalue weighted by Crippen LogP contribution is 2.20. The zero-order valence-corrected chi connectivity index (χ0v) is 14.0. The van der Waals surface area contributed by atoms with E-state index in [0.29, 0.717) is 0 Å². The summed E-state index contributed by atoms with van der Waals surface area (Å²) in [6, 6.07) is 2.20. The first kappa shape index (κ1) is 15.2. The van der Waals surface area contributed by atoms with E-state index >= 15 is 0 Å². The lowest BCUT2D eigenvalue weighted by atomic mass is 10.2. The molecule has 0 aliphatic carbocycles. The van der Waals surface area contributed by atoms with Gasteiger partial charge in [-0.05, 0) is 44.2 Å². The third-order valence-corrected chi connectivity index (χ3v) is 5.25. The van der Waals surface area contributed by atoms with Gasteiger partial charge >= 0.3 is 0 Å². The van der Waals surface area contributed by atoms with E-state index in [0.717, 1.165) is 47.9 Å². The molecule has 1 saturated heterocycles. The van der Waals surface area contributed by atoms with Crippen LogP contribution in [0.15, 0.2) is 16.0 Å². The topological polar surface area (TPSA) is 58.4 Å². The zero-order valence-electron chi connectivity index (χ0n) is 13.2. The molecule has 1 fully saturated rings. The predicted octanol–water partition coefficient (Wildman–Crippen LogP) is 2.67. The fourth-order valence-electron chi connectivity index (χ4n) is 2.90. The van der Waals surface area contributed by atoms with Gasteiger partial charge in [-0.1, -0.05) is 5.16 Å². The number of nitrogens with one attached hydrogen (secondary N) is 1. The maximum Gasteiger partial charge on any atom is 0.261 e. The van der Waals surface area contributed by atoms with Crippen molar-refractivity contribution >= 4 is 17.2 Å².